The van der Waals surface area contributed by atoms with Crippen LogP contribution in [0.2, 0.25) is 0 Å². The van der Waals surface area contributed by atoms with Crippen molar-refractivity contribution in [3.63, 3.8) is 0 Å². The van der Waals surface area contributed by atoms with Crippen LogP contribution < -0.4 is 10.2 Å². The molecule has 0 saturated carbocycles. The molecule has 0 aliphatic heterocycles. The Balaban J connectivity index is 2.58. The molecule has 1 aromatic heterocycles. The zero-order valence-corrected chi connectivity index (χ0v) is 14.1. The Morgan fingerprint density at radius 2 is 2.10 bits per heavy atom. The molecule has 1 N–H and O–H groups in total. The largest absolute Gasteiger partial charge is 0.383 e. The maximum atomic E-state index is 5.01. The van der Waals surface area contributed by atoms with Crippen LogP contribution in [0.3, 0.4) is 0 Å². The van der Waals surface area contributed by atoms with Gasteiger partial charge in [-0.2, -0.15) is 0 Å². The lowest BCUT2D eigenvalue weighted by Gasteiger charge is -2.31. The Bertz CT molecular complexity index is 380. The molecule has 0 spiro atoms. The third kappa shape index (κ3) is 6.42. The van der Waals surface area contributed by atoms with Gasteiger partial charge in [0.2, 0.25) is 0 Å². The van der Waals surface area contributed by atoms with Gasteiger partial charge < -0.3 is 19.9 Å². The fourth-order valence-corrected chi connectivity index (χ4v) is 2.42. The molecule has 0 fully saturated rings. The van der Waals surface area contributed by atoms with E-state index in [0.29, 0.717) is 6.04 Å². The van der Waals surface area contributed by atoms with Crippen molar-refractivity contribution in [2.24, 2.45) is 0 Å². The maximum absolute atomic E-state index is 5.01. The molecular weight excluding hydrogens is 264 g/mol. The molecule has 0 aliphatic rings. The van der Waals surface area contributed by atoms with Crippen LogP contribution in [0, 0.1) is 0 Å². The molecule has 1 heterocycles. The second-order valence-corrected chi connectivity index (χ2v) is 5.59. The summed E-state index contributed by atoms with van der Waals surface area (Å²) in [5.41, 5.74) is 1.20. The number of likely N-dealkylation sites (N-methyl/N-ethyl adjacent to an activating group) is 2. The van der Waals surface area contributed by atoms with Gasteiger partial charge in [-0.3, -0.25) is 0 Å². The van der Waals surface area contributed by atoms with Gasteiger partial charge in [-0.1, -0.05) is 6.07 Å². The van der Waals surface area contributed by atoms with Crippen LogP contribution in [-0.2, 0) is 11.3 Å². The molecule has 0 bridgehead atoms. The van der Waals surface area contributed by atoms with E-state index in [9.17, 15) is 0 Å². The lowest BCUT2D eigenvalue weighted by Crippen LogP contribution is -2.40. The van der Waals surface area contributed by atoms with E-state index >= 15 is 0 Å². The number of hydrogen-bond donors (Lipinski definition) is 1. The summed E-state index contributed by atoms with van der Waals surface area (Å²) in [6.45, 7) is 8.83. The van der Waals surface area contributed by atoms with Crippen LogP contribution in [0.5, 0.6) is 0 Å². The van der Waals surface area contributed by atoms with Crippen LogP contribution in [0.1, 0.15) is 19.4 Å². The van der Waals surface area contributed by atoms with Crippen molar-refractivity contribution in [2.45, 2.75) is 26.4 Å². The summed E-state index contributed by atoms with van der Waals surface area (Å²) in [6, 6.07) is 4.71. The van der Waals surface area contributed by atoms with E-state index in [2.05, 4.69) is 60.2 Å². The van der Waals surface area contributed by atoms with Crippen LogP contribution in [0.4, 0.5) is 5.82 Å². The predicted molar refractivity (Wildman–Crippen MR) is 88.9 cm³/mol. The number of aromatic nitrogens is 1. The predicted octanol–water partition coefficient (Wildman–Crippen LogP) is 1.59. The number of ether oxygens (including phenoxy) is 1. The van der Waals surface area contributed by atoms with E-state index < -0.39 is 0 Å². The van der Waals surface area contributed by atoms with Crippen molar-refractivity contribution in [3.8, 4) is 0 Å². The van der Waals surface area contributed by atoms with Crippen LogP contribution >= 0.6 is 0 Å². The highest BCUT2D eigenvalue weighted by Gasteiger charge is 2.14. The summed E-state index contributed by atoms with van der Waals surface area (Å²) in [4.78, 5) is 9.16. The smallest absolute Gasteiger partial charge is 0.128 e. The molecule has 1 rings (SSSR count). The molecule has 1 aromatic rings. The summed E-state index contributed by atoms with van der Waals surface area (Å²) in [5.74, 6) is 1.05. The summed E-state index contributed by atoms with van der Waals surface area (Å²) >= 11 is 0. The molecule has 5 nitrogen and oxygen atoms in total. The topological polar surface area (TPSA) is 40.6 Å². The average molecular weight is 294 g/mol. The number of nitrogens with one attached hydrogen (secondary N) is 1. The Morgan fingerprint density at radius 3 is 2.62 bits per heavy atom. The zero-order chi connectivity index (χ0) is 15.7. The Labute approximate surface area is 129 Å². The summed E-state index contributed by atoms with van der Waals surface area (Å²) in [6.07, 6.45) is 1.96. The average Bonchev–Trinajstić information content (AvgIpc) is 2.45. The standard InChI is InChI=1S/C16H30N4O/c1-6-20(14(2)13-19(3)4)16-8-7-15(12-18-16)11-17-9-10-21-5/h7-8,12,14,17H,6,9-11,13H2,1-5H3. The quantitative estimate of drug-likeness (QED) is 0.664. The minimum absolute atomic E-state index is 0.447. The molecule has 120 valence electrons. The molecule has 0 amide bonds. The molecule has 1 unspecified atom stereocenters. The highest BCUT2D eigenvalue weighted by Crippen LogP contribution is 2.14. The number of anilines is 1. The van der Waals surface area contributed by atoms with Crippen molar-refractivity contribution < 1.29 is 4.74 Å². The Hall–Kier alpha value is -1.17. The summed E-state index contributed by atoms with van der Waals surface area (Å²) in [7, 11) is 5.92. The normalized spacial score (nSPS) is 12.7. The van der Waals surface area contributed by atoms with E-state index in [1.54, 1.807) is 7.11 Å². The van der Waals surface area contributed by atoms with Gasteiger partial charge in [-0.05, 0) is 39.6 Å². The lowest BCUT2D eigenvalue weighted by molar-refractivity contribution is 0.199. The first-order valence-corrected chi connectivity index (χ1v) is 7.64. The summed E-state index contributed by atoms with van der Waals surface area (Å²) in [5, 5.41) is 3.33. The van der Waals surface area contributed by atoms with E-state index in [4.69, 9.17) is 4.74 Å². The number of methoxy groups -OCH3 is 1. The first kappa shape index (κ1) is 17.9. The van der Waals surface area contributed by atoms with Gasteiger partial charge in [0.15, 0.2) is 0 Å². The van der Waals surface area contributed by atoms with Crippen molar-refractivity contribution >= 4 is 5.82 Å². The van der Waals surface area contributed by atoms with E-state index in [0.717, 1.165) is 38.6 Å². The third-order valence-corrected chi connectivity index (χ3v) is 3.42. The molecule has 5 heteroatoms. The van der Waals surface area contributed by atoms with Gasteiger partial charge >= 0.3 is 0 Å². The first-order chi connectivity index (χ1) is 10.1. The molecule has 21 heavy (non-hydrogen) atoms. The minimum Gasteiger partial charge on any atom is -0.383 e. The molecular formula is C16H30N4O. The summed E-state index contributed by atoms with van der Waals surface area (Å²) < 4.78 is 5.01. The second kappa shape index (κ2) is 9.71. The number of nitrogens with zero attached hydrogens (tertiary/aromatic N) is 3. The minimum atomic E-state index is 0.447. The SMILES string of the molecule is CCN(c1ccc(CNCCOC)cn1)C(C)CN(C)C. The fraction of sp³-hybridized carbons (Fsp3) is 0.688. The number of pyridine rings is 1. The van der Waals surface area contributed by atoms with E-state index in [-0.39, 0.29) is 0 Å². The molecule has 0 radical (unpaired) electrons. The lowest BCUT2D eigenvalue weighted by atomic mass is 10.2. The van der Waals surface area contributed by atoms with Gasteiger partial charge in [0.05, 0.1) is 6.61 Å². The van der Waals surface area contributed by atoms with Gasteiger partial charge in [-0.25, -0.2) is 4.98 Å². The molecule has 0 saturated heterocycles. The highest BCUT2D eigenvalue weighted by atomic mass is 16.5. The number of rotatable bonds is 10. The van der Waals surface area contributed by atoms with Gasteiger partial charge in [0, 0.05) is 45.5 Å². The third-order valence-electron chi connectivity index (χ3n) is 3.42. The van der Waals surface area contributed by atoms with Crippen molar-refractivity contribution in [1.82, 2.24) is 15.2 Å². The van der Waals surface area contributed by atoms with E-state index in [1.807, 2.05) is 6.20 Å². The van der Waals surface area contributed by atoms with Gasteiger partial charge in [-0.15, -0.1) is 0 Å². The molecule has 0 aliphatic carbocycles. The fourth-order valence-electron chi connectivity index (χ4n) is 2.42. The maximum Gasteiger partial charge on any atom is 0.128 e. The van der Waals surface area contributed by atoms with Crippen molar-refractivity contribution in [3.05, 3.63) is 23.9 Å². The first-order valence-electron chi connectivity index (χ1n) is 7.64. The molecule has 1 atom stereocenters. The van der Waals surface area contributed by atoms with E-state index in [1.165, 1.54) is 5.56 Å². The van der Waals surface area contributed by atoms with Crippen molar-refractivity contribution in [2.75, 3.05) is 52.3 Å². The Kier molecular flexibility index (Phi) is 8.27. The van der Waals surface area contributed by atoms with Crippen molar-refractivity contribution in [1.29, 1.82) is 0 Å². The van der Waals surface area contributed by atoms with Crippen LogP contribution in [0.25, 0.3) is 0 Å². The monoisotopic (exact) mass is 294 g/mol. The second-order valence-electron chi connectivity index (χ2n) is 5.59. The van der Waals surface area contributed by atoms with Gasteiger partial charge in [0.1, 0.15) is 5.82 Å². The van der Waals surface area contributed by atoms with Gasteiger partial charge in [0.25, 0.3) is 0 Å². The highest BCUT2D eigenvalue weighted by molar-refractivity contribution is 5.40. The Morgan fingerprint density at radius 1 is 1.33 bits per heavy atom. The zero-order valence-electron chi connectivity index (χ0n) is 14.1. The number of hydrogen-bond acceptors (Lipinski definition) is 5. The molecule has 0 aromatic carbocycles. The van der Waals surface area contributed by atoms with Crippen LogP contribution in [-0.4, -0.2) is 63.4 Å². The van der Waals surface area contributed by atoms with Crippen LogP contribution in [0.15, 0.2) is 18.3 Å².